The van der Waals surface area contributed by atoms with E-state index in [4.69, 9.17) is 14.2 Å². The summed E-state index contributed by atoms with van der Waals surface area (Å²) < 4.78 is 16.1. The zero-order valence-corrected chi connectivity index (χ0v) is 17.0. The second-order valence-electron chi connectivity index (χ2n) is 7.37. The summed E-state index contributed by atoms with van der Waals surface area (Å²) in [5, 5.41) is 2.94. The Morgan fingerprint density at radius 1 is 0.889 bits per heavy atom. The van der Waals surface area contributed by atoms with Crippen molar-refractivity contribution in [3.05, 3.63) is 47.5 Å². The molecule has 5 nitrogen and oxygen atoms in total. The molecular formula is C22H29NO4. The van der Waals surface area contributed by atoms with Crippen molar-refractivity contribution in [2.75, 3.05) is 26.6 Å². The Morgan fingerprint density at radius 3 is 2.04 bits per heavy atom. The third kappa shape index (κ3) is 5.16. The summed E-state index contributed by atoms with van der Waals surface area (Å²) in [4.78, 5) is 12.3. The van der Waals surface area contributed by atoms with Gasteiger partial charge in [-0.15, -0.1) is 0 Å². The average molecular weight is 371 g/mol. The van der Waals surface area contributed by atoms with Crippen LogP contribution >= 0.6 is 0 Å². The van der Waals surface area contributed by atoms with Crippen molar-refractivity contribution < 1.29 is 19.0 Å². The number of nitrogens with one attached hydrogen (secondary N) is 1. The summed E-state index contributed by atoms with van der Waals surface area (Å²) >= 11 is 0. The van der Waals surface area contributed by atoms with Gasteiger partial charge in [-0.05, 0) is 41.2 Å². The van der Waals surface area contributed by atoms with Gasteiger partial charge in [-0.1, -0.05) is 39.0 Å². The Balaban J connectivity index is 2.03. The molecule has 0 spiro atoms. The van der Waals surface area contributed by atoms with Crippen LogP contribution in [0.1, 0.15) is 38.3 Å². The topological polar surface area (TPSA) is 56.8 Å². The molecule has 2 rings (SSSR count). The molecule has 0 radical (unpaired) electrons. The van der Waals surface area contributed by atoms with Crippen LogP contribution in [0.4, 0.5) is 5.69 Å². The lowest BCUT2D eigenvalue weighted by molar-refractivity contribution is -0.116. The van der Waals surface area contributed by atoms with Crippen molar-refractivity contribution in [3.8, 4) is 17.2 Å². The van der Waals surface area contributed by atoms with Gasteiger partial charge >= 0.3 is 0 Å². The quantitative estimate of drug-likeness (QED) is 0.774. The first-order chi connectivity index (χ1) is 12.8. The van der Waals surface area contributed by atoms with Crippen LogP contribution in [0.5, 0.6) is 17.2 Å². The minimum absolute atomic E-state index is 0.0460. The predicted molar refractivity (Wildman–Crippen MR) is 108 cm³/mol. The number of hydrogen-bond donors (Lipinski definition) is 1. The fourth-order valence-corrected chi connectivity index (χ4v) is 2.89. The van der Waals surface area contributed by atoms with Gasteiger partial charge in [0.1, 0.15) is 0 Å². The molecule has 0 atom stereocenters. The number of ether oxygens (including phenoxy) is 3. The van der Waals surface area contributed by atoms with Crippen molar-refractivity contribution >= 4 is 11.6 Å². The molecule has 0 saturated heterocycles. The molecule has 0 aliphatic carbocycles. The summed E-state index contributed by atoms with van der Waals surface area (Å²) in [7, 11) is 4.73. The Bertz CT molecular complexity index is 776. The molecule has 0 aliphatic heterocycles. The van der Waals surface area contributed by atoms with Gasteiger partial charge in [-0.25, -0.2) is 0 Å². The zero-order valence-electron chi connectivity index (χ0n) is 17.0. The molecule has 0 fully saturated rings. The van der Waals surface area contributed by atoms with Gasteiger partial charge in [0.05, 0.1) is 21.3 Å². The normalized spacial score (nSPS) is 11.0. The molecule has 1 amide bonds. The van der Waals surface area contributed by atoms with E-state index in [1.807, 2.05) is 36.4 Å². The maximum atomic E-state index is 12.3. The molecule has 0 aromatic heterocycles. The maximum absolute atomic E-state index is 12.3. The van der Waals surface area contributed by atoms with E-state index >= 15 is 0 Å². The molecule has 0 bridgehead atoms. The summed E-state index contributed by atoms with van der Waals surface area (Å²) in [5.41, 5.74) is 3.02. The van der Waals surface area contributed by atoms with Crippen molar-refractivity contribution in [2.24, 2.45) is 0 Å². The highest BCUT2D eigenvalue weighted by Gasteiger charge is 2.17. The average Bonchev–Trinajstić information content (AvgIpc) is 2.65. The van der Waals surface area contributed by atoms with Crippen LogP contribution in [0.15, 0.2) is 36.4 Å². The van der Waals surface area contributed by atoms with E-state index in [2.05, 4.69) is 26.1 Å². The molecule has 0 saturated carbocycles. The molecule has 5 heteroatoms. The van der Waals surface area contributed by atoms with E-state index in [1.54, 1.807) is 21.3 Å². The van der Waals surface area contributed by atoms with Crippen LogP contribution in [0, 0.1) is 0 Å². The third-order valence-corrected chi connectivity index (χ3v) is 4.44. The SMILES string of the molecule is COc1ccc(CCC(=O)Nc2ccc(C(C)(C)C)cc2)c(OC)c1OC. The molecule has 0 unspecified atom stereocenters. The van der Waals surface area contributed by atoms with Gasteiger partial charge in [-0.3, -0.25) is 4.79 Å². The molecule has 0 aliphatic rings. The van der Waals surface area contributed by atoms with E-state index in [0.29, 0.717) is 30.1 Å². The van der Waals surface area contributed by atoms with E-state index in [9.17, 15) is 4.79 Å². The van der Waals surface area contributed by atoms with Crippen LogP contribution in [0.25, 0.3) is 0 Å². The first kappa shape index (κ1) is 20.6. The fourth-order valence-electron chi connectivity index (χ4n) is 2.89. The summed E-state index contributed by atoms with van der Waals surface area (Å²) in [6.07, 6.45) is 0.877. The monoisotopic (exact) mass is 371 g/mol. The first-order valence-electron chi connectivity index (χ1n) is 8.98. The van der Waals surface area contributed by atoms with Crippen LogP contribution in [0.2, 0.25) is 0 Å². The Kier molecular flexibility index (Phi) is 6.72. The Morgan fingerprint density at radius 2 is 1.52 bits per heavy atom. The lowest BCUT2D eigenvalue weighted by atomic mass is 9.87. The zero-order chi connectivity index (χ0) is 20.0. The smallest absolute Gasteiger partial charge is 0.224 e. The maximum Gasteiger partial charge on any atom is 0.224 e. The first-order valence-corrected chi connectivity index (χ1v) is 8.98. The van der Waals surface area contributed by atoms with E-state index in [1.165, 1.54) is 5.56 Å². The van der Waals surface area contributed by atoms with Crippen LogP contribution in [0.3, 0.4) is 0 Å². The van der Waals surface area contributed by atoms with Crippen LogP contribution < -0.4 is 19.5 Å². The van der Waals surface area contributed by atoms with Crippen LogP contribution in [-0.2, 0) is 16.6 Å². The molecule has 1 N–H and O–H groups in total. The molecule has 27 heavy (non-hydrogen) atoms. The number of amides is 1. The molecule has 0 heterocycles. The van der Waals surface area contributed by atoms with Gasteiger partial charge in [0, 0.05) is 12.1 Å². The third-order valence-electron chi connectivity index (χ3n) is 4.44. The van der Waals surface area contributed by atoms with E-state index < -0.39 is 0 Å². The summed E-state index contributed by atoms with van der Waals surface area (Å²) in [5.74, 6) is 1.69. The number of methoxy groups -OCH3 is 3. The molecular weight excluding hydrogens is 342 g/mol. The minimum Gasteiger partial charge on any atom is -0.493 e. The van der Waals surface area contributed by atoms with Gasteiger partial charge in [0.25, 0.3) is 0 Å². The number of carbonyl (C=O) groups excluding carboxylic acids is 1. The van der Waals surface area contributed by atoms with Gasteiger partial charge in [0.2, 0.25) is 11.7 Å². The molecule has 2 aromatic rings. The molecule has 2 aromatic carbocycles. The Hall–Kier alpha value is -2.69. The van der Waals surface area contributed by atoms with Crippen molar-refractivity contribution in [2.45, 2.75) is 39.0 Å². The van der Waals surface area contributed by atoms with Crippen molar-refractivity contribution in [3.63, 3.8) is 0 Å². The number of hydrogen-bond acceptors (Lipinski definition) is 4. The largest absolute Gasteiger partial charge is 0.493 e. The lowest BCUT2D eigenvalue weighted by Crippen LogP contribution is -2.14. The number of anilines is 1. The number of rotatable bonds is 7. The lowest BCUT2D eigenvalue weighted by Gasteiger charge is -2.19. The Labute approximate surface area is 161 Å². The minimum atomic E-state index is -0.0460. The number of aryl methyl sites for hydroxylation is 1. The summed E-state index contributed by atoms with van der Waals surface area (Å²) in [6, 6.07) is 11.7. The van der Waals surface area contributed by atoms with Gasteiger partial charge in [-0.2, -0.15) is 0 Å². The number of carbonyl (C=O) groups is 1. The van der Waals surface area contributed by atoms with Crippen LogP contribution in [-0.4, -0.2) is 27.2 Å². The highest BCUT2D eigenvalue weighted by Crippen LogP contribution is 2.40. The second kappa shape index (κ2) is 8.80. The number of benzene rings is 2. The van der Waals surface area contributed by atoms with E-state index in [-0.39, 0.29) is 11.3 Å². The highest BCUT2D eigenvalue weighted by atomic mass is 16.5. The van der Waals surface area contributed by atoms with Crippen molar-refractivity contribution in [1.29, 1.82) is 0 Å². The molecule has 146 valence electrons. The fraction of sp³-hybridized carbons (Fsp3) is 0.409. The van der Waals surface area contributed by atoms with E-state index in [0.717, 1.165) is 11.3 Å². The second-order valence-corrected chi connectivity index (χ2v) is 7.37. The summed E-state index contributed by atoms with van der Waals surface area (Å²) in [6.45, 7) is 6.49. The van der Waals surface area contributed by atoms with Gasteiger partial charge < -0.3 is 19.5 Å². The van der Waals surface area contributed by atoms with Crippen molar-refractivity contribution in [1.82, 2.24) is 0 Å². The predicted octanol–water partition coefficient (Wildman–Crippen LogP) is 4.58. The standard InChI is InChI=1S/C22H29NO4/c1-22(2,3)16-9-11-17(12-10-16)23-19(24)14-8-15-7-13-18(25-4)21(27-6)20(15)26-5/h7,9-13H,8,14H2,1-6H3,(H,23,24). The van der Waals surface area contributed by atoms with Gasteiger partial charge in [0.15, 0.2) is 11.5 Å². The highest BCUT2D eigenvalue weighted by molar-refractivity contribution is 5.90.